The van der Waals surface area contributed by atoms with E-state index in [1.165, 1.54) is 0 Å². The van der Waals surface area contributed by atoms with Gasteiger partial charge >= 0.3 is 0 Å². The molecular weight excluding hydrogens is 140 g/mol. The highest BCUT2D eigenvalue weighted by atomic mass is 16.3. The fourth-order valence-electron chi connectivity index (χ4n) is 1.52. The van der Waals surface area contributed by atoms with Crippen LogP contribution in [-0.2, 0) is 4.79 Å². The first kappa shape index (κ1) is 8.47. The summed E-state index contributed by atoms with van der Waals surface area (Å²) in [6.07, 6.45) is 0.555. The molecule has 0 saturated heterocycles. The van der Waals surface area contributed by atoms with E-state index in [1.54, 1.807) is 13.8 Å². The molecule has 0 unspecified atom stereocenters. The Morgan fingerprint density at radius 1 is 1.82 bits per heavy atom. The Morgan fingerprint density at radius 2 is 2.36 bits per heavy atom. The molecule has 0 aromatic rings. The van der Waals surface area contributed by atoms with Crippen LogP contribution >= 0.6 is 0 Å². The maximum atomic E-state index is 11.3. The van der Waals surface area contributed by atoms with Crippen LogP contribution in [0.4, 0.5) is 0 Å². The van der Waals surface area contributed by atoms with E-state index < -0.39 is 11.5 Å². The summed E-state index contributed by atoms with van der Waals surface area (Å²) in [5.41, 5.74) is 0.104. The molecule has 1 N–H and O–H groups in total. The molecule has 11 heavy (non-hydrogen) atoms. The van der Waals surface area contributed by atoms with Crippen molar-refractivity contribution in [3.05, 3.63) is 12.2 Å². The summed E-state index contributed by atoms with van der Waals surface area (Å²) in [5.74, 6) is 0.123. The van der Waals surface area contributed by atoms with Crippen molar-refractivity contribution < 1.29 is 9.90 Å². The van der Waals surface area contributed by atoms with Crippen molar-refractivity contribution in [2.45, 2.75) is 32.8 Å². The molecule has 0 aromatic carbocycles. The standard InChI is InChI=1S/C9H14O2/c1-6(2)9(3)7(10)4-5-8(9)11/h7,10H,1,4-5H2,2-3H3/t7-,9+/m1/s1. The number of rotatable bonds is 1. The Morgan fingerprint density at radius 3 is 2.55 bits per heavy atom. The van der Waals surface area contributed by atoms with Crippen LogP contribution in [-0.4, -0.2) is 17.0 Å². The van der Waals surface area contributed by atoms with Gasteiger partial charge in [-0.15, -0.1) is 0 Å². The average molecular weight is 154 g/mol. The van der Waals surface area contributed by atoms with E-state index in [-0.39, 0.29) is 5.78 Å². The summed E-state index contributed by atoms with van der Waals surface area (Å²) in [7, 11) is 0. The van der Waals surface area contributed by atoms with Crippen LogP contribution < -0.4 is 0 Å². The first-order chi connectivity index (χ1) is 4.99. The second-order valence-electron chi connectivity index (χ2n) is 3.46. The molecular formula is C9H14O2. The Balaban J connectivity index is 2.98. The minimum Gasteiger partial charge on any atom is -0.392 e. The van der Waals surface area contributed by atoms with Crippen LogP contribution in [0.15, 0.2) is 12.2 Å². The van der Waals surface area contributed by atoms with E-state index in [4.69, 9.17) is 0 Å². The lowest BCUT2D eigenvalue weighted by Crippen LogP contribution is -2.33. The topological polar surface area (TPSA) is 37.3 Å². The molecule has 1 saturated carbocycles. The zero-order valence-electron chi connectivity index (χ0n) is 7.05. The van der Waals surface area contributed by atoms with E-state index in [1.807, 2.05) is 0 Å². The summed E-state index contributed by atoms with van der Waals surface area (Å²) in [5, 5.41) is 9.51. The molecule has 1 fully saturated rings. The third kappa shape index (κ3) is 1.02. The average Bonchev–Trinajstić information content (AvgIpc) is 2.18. The number of hydrogen-bond acceptors (Lipinski definition) is 2. The van der Waals surface area contributed by atoms with E-state index >= 15 is 0 Å². The van der Waals surface area contributed by atoms with Crippen molar-refractivity contribution in [3.8, 4) is 0 Å². The van der Waals surface area contributed by atoms with Crippen LogP contribution in [0.2, 0.25) is 0 Å². The molecule has 1 rings (SSSR count). The predicted octanol–water partition coefficient (Wildman–Crippen LogP) is 1.29. The van der Waals surface area contributed by atoms with E-state index in [2.05, 4.69) is 6.58 Å². The molecule has 0 spiro atoms. The highest BCUT2D eigenvalue weighted by Crippen LogP contribution is 2.39. The quantitative estimate of drug-likeness (QED) is 0.578. The minimum atomic E-state index is -0.667. The zero-order valence-corrected chi connectivity index (χ0v) is 7.05. The molecule has 0 amide bonds. The van der Waals surface area contributed by atoms with Crippen LogP contribution in [0, 0.1) is 5.41 Å². The molecule has 0 aromatic heterocycles. The zero-order chi connectivity index (χ0) is 8.65. The van der Waals surface area contributed by atoms with Gasteiger partial charge in [0.1, 0.15) is 5.78 Å². The molecule has 1 aliphatic rings. The van der Waals surface area contributed by atoms with Crippen molar-refractivity contribution in [3.63, 3.8) is 0 Å². The van der Waals surface area contributed by atoms with Gasteiger partial charge in [0.2, 0.25) is 0 Å². The Kier molecular flexibility index (Phi) is 1.89. The maximum absolute atomic E-state index is 11.3. The molecule has 62 valence electrons. The van der Waals surface area contributed by atoms with Crippen molar-refractivity contribution in [2.75, 3.05) is 0 Å². The van der Waals surface area contributed by atoms with Crippen LogP contribution in [0.3, 0.4) is 0 Å². The lowest BCUT2D eigenvalue weighted by atomic mass is 9.79. The van der Waals surface area contributed by atoms with E-state index in [0.29, 0.717) is 12.8 Å². The first-order valence-corrected chi connectivity index (χ1v) is 3.87. The van der Waals surface area contributed by atoms with Gasteiger partial charge in [0, 0.05) is 6.42 Å². The van der Waals surface area contributed by atoms with Crippen molar-refractivity contribution in [1.82, 2.24) is 0 Å². The second-order valence-corrected chi connectivity index (χ2v) is 3.46. The smallest absolute Gasteiger partial charge is 0.145 e. The molecule has 2 atom stereocenters. The molecule has 2 nitrogen and oxygen atoms in total. The Hall–Kier alpha value is -0.630. The van der Waals surface area contributed by atoms with Gasteiger partial charge in [-0.2, -0.15) is 0 Å². The summed E-state index contributed by atoms with van der Waals surface area (Å²) >= 11 is 0. The minimum absolute atomic E-state index is 0.123. The predicted molar refractivity (Wildman–Crippen MR) is 43.2 cm³/mol. The van der Waals surface area contributed by atoms with E-state index in [9.17, 15) is 9.90 Å². The highest BCUT2D eigenvalue weighted by Gasteiger charge is 2.45. The largest absolute Gasteiger partial charge is 0.392 e. The Bertz CT molecular complexity index is 208. The number of carbonyl (C=O) groups is 1. The summed E-state index contributed by atoms with van der Waals surface area (Å²) in [6.45, 7) is 7.30. The van der Waals surface area contributed by atoms with Gasteiger partial charge in [-0.3, -0.25) is 4.79 Å². The normalized spacial score (nSPS) is 37.7. The lowest BCUT2D eigenvalue weighted by molar-refractivity contribution is -0.125. The van der Waals surface area contributed by atoms with Crippen molar-refractivity contribution in [1.29, 1.82) is 0 Å². The monoisotopic (exact) mass is 154 g/mol. The van der Waals surface area contributed by atoms with Crippen LogP contribution in [0.1, 0.15) is 26.7 Å². The van der Waals surface area contributed by atoms with Gasteiger partial charge in [-0.1, -0.05) is 12.2 Å². The van der Waals surface area contributed by atoms with Gasteiger partial charge in [-0.25, -0.2) is 0 Å². The summed E-state index contributed by atoms with van der Waals surface area (Å²) in [4.78, 5) is 11.3. The number of carbonyl (C=O) groups excluding carboxylic acids is 1. The number of hydrogen-bond donors (Lipinski definition) is 1. The fraction of sp³-hybridized carbons (Fsp3) is 0.667. The first-order valence-electron chi connectivity index (χ1n) is 3.87. The molecule has 0 aliphatic heterocycles. The van der Waals surface area contributed by atoms with Crippen LogP contribution in [0.5, 0.6) is 0 Å². The summed E-state index contributed by atoms with van der Waals surface area (Å²) in [6, 6.07) is 0. The van der Waals surface area contributed by atoms with Crippen molar-refractivity contribution >= 4 is 5.78 Å². The van der Waals surface area contributed by atoms with Crippen molar-refractivity contribution in [2.24, 2.45) is 5.41 Å². The van der Waals surface area contributed by atoms with Gasteiger partial charge < -0.3 is 5.11 Å². The van der Waals surface area contributed by atoms with Crippen LogP contribution in [0.25, 0.3) is 0 Å². The molecule has 0 bridgehead atoms. The molecule has 0 radical (unpaired) electrons. The number of aliphatic hydroxyl groups is 1. The third-order valence-corrected chi connectivity index (χ3v) is 2.78. The number of Topliss-reactive ketones (excluding diaryl/α,β-unsaturated/α-hetero) is 1. The van der Waals surface area contributed by atoms with Gasteiger partial charge in [0.25, 0.3) is 0 Å². The molecule has 2 heteroatoms. The SMILES string of the molecule is C=C(C)[C@]1(C)C(=O)CC[C@H]1O. The van der Waals surface area contributed by atoms with Gasteiger partial charge in [0.05, 0.1) is 11.5 Å². The third-order valence-electron chi connectivity index (χ3n) is 2.78. The number of ketones is 1. The number of aliphatic hydroxyl groups excluding tert-OH is 1. The Labute approximate surface area is 66.9 Å². The van der Waals surface area contributed by atoms with E-state index in [0.717, 1.165) is 5.57 Å². The highest BCUT2D eigenvalue weighted by molar-refractivity contribution is 5.90. The fourth-order valence-corrected chi connectivity index (χ4v) is 1.52. The van der Waals surface area contributed by atoms with Gasteiger partial charge in [0.15, 0.2) is 0 Å². The molecule has 1 aliphatic carbocycles. The summed E-state index contributed by atoms with van der Waals surface area (Å²) < 4.78 is 0. The second kappa shape index (κ2) is 2.45. The lowest BCUT2D eigenvalue weighted by Gasteiger charge is -2.26. The molecule has 0 heterocycles. The van der Waals surface area contributed by atoms with Gasteiger partial charge in [-0.05, 0) is 20.3 Å². The maximum Gasteiger partial charge on any atom is 0.145 e.